The van der Waals surface area contributed by atoms with Gasteiger partial charge in [-0.15, -0.1) is 0 Å². The third kappa shape index (κ3) is 5.13. The summed E-state index contributed by atoms with van der Waals surface area (Å²) in [6.45, 7) is 2.09. The molecule has 20 heavy (non-hydrogen) atoms. The van der Waals surface area contributed by atoms with Crippen molar-refractivity contribution < 1.29 is 22.7 Å². The van der Waals surface area contributed by atoms with E-state index in [-0.39, 0.29) is 23.9 Å². The minimum absolute atomic E-state index is 0.148. The van der Waals surface area contributed by atoms with Crippen LogP contribution in [0.1, 0.15) is 12.5 Å². The predicted octanol–water partition coefficient (Wildman–Crippen LogP) is 3.89. The van der Waals surface area contributed by atoms with Crippen LogP contribution < -0.4 is 5.32 Å². The summed E-state index contributed by atoms with van der Waals surface area (Å²) in [5.41, 5.74) is -0.645. The molecule has 1 aromatic carbocycles. The Morgan fingerprint density at radius 1 is 1.45 bits per heavy atom. The highest BCUT2D eigenvalue weighted by atomic mass is 35.5. The van der Waals surface area contributed by atoms with Crippen molar-refractivity contribution in [1.29, 1.82) is 0 Å². The molecule has 1 N–H and O–H groups in total. The molecule has 0 atom stereocenters. The number of esters is 1. The second-order valence-corrected chi connectivity index (χ2v) is 4.13. The van der Waals surface area contributed by atoms with Gasteiger partial charge in [-0.2, -0.15) is 13.2 Å². The highest BCUT2D eigenvalue weighted by Gasteiger charge is 2.30. The van der Waals surface area contributed by atoms with Gasteiger partial charge in [0.05, 0.1) is 22.9 Å². The Morgan fingerprint density at radius 2 is 2.15 bits per heavy atom. The summed E-state index contributed by atoms with van der Waals surface area (Å²) in [5.74, 6) is -0.510. The zero-order valence-corrected chi connectivity index (χ0v) is 11.4. The maximum atomic E-state index is 12.5. The van der Waals surface area contributed by atoms with Crippen molar-refractivity contribution in [2.24, 2.45) is 0 Å². The van der Waals surface area contributed by atoms with E-state index in [1.54, 1.807) is 6.92 Å². The number of nitrogens with one attached hydrogen (secondary N) is 1. The van der Waals surface area contributed by atoms with Crippen LogP contribution >= 0.6 is 11.6 Å². The lowest BCUT2D eigenvalue weighted by atomic mass is 10.2. The number of benzene rings is 1. The Kier molecular flexibility index (Phi) is 5.88. The average Bonchev–Trinajstić information content (AvgIpc) is 2.35. The van der Waals surface area contributed by atoms with Gasteiger partial charge in [-0.25, -0.2) is 4.79 Å². The molecular formula is C13H13ClF3NO2. The highest BCUT2D eigenvalue weighted by Crippen LogP contribution is 2.33. The standard InChI is InChI=1S/C13H13ClF3NO2/c1-2-20-12(19)4-3-7-18-11-8-9(13(15,16)17)5-6-10(11)14/h3-6,8,18H,2,7H2,1H3/b4-3+. The lowest BCUT2D eigenvalue weighted by molar-refractivity contribution is -0.138. The van der Waals surface area contributed by atoms with E-state index < -0.39 is 17.7 Å². The molecule has 0 fully saturated rings. The minimum atomic E-state index is -4.43. The summed E-state index contributed by atoms with van der Waals surface area (Å²) in [7, 11) is 0. The Bertz CT molecular complexity index is 501. The molecule has 0 radical (unpaired) electrons. The second kappa shape index (κ2) is 7.19. The van der Waals surface area contributed by atoms with Gasteiger partial charge in [0.2, 0.25) is 0 Å². The normalized spacial score (nSPS) is 11.7. The van der Waals surface area contributed by atoms with Crippen LogP contribution in [0.2, 0.25) is 5.02 Å². The van der Waals surface area contributed by atoms with E-state index in [4.69, 9.17) is 11.6 Å². The first-order chi connectivity index (χ1) is 9.34. The monoisotopic (exact) mass is 307 g/mol. The topological polar surface area (TPSA) is 38.3 Å². The molecule has 0 unspecified atom stereocenters. The van der Waals surface area contributed by atoms with Crippen LogP contribution in [-0.2, 0) is 15.7 Å². The second-order valence-electron chi connectivity index (χ2n) is 3.73. The van der Waals surface area contributed by atoms with Gasteiger partial charge in [0.1, 0.15) is 0 Å². The molecule has 0 aliphatic rings. The number of rotatable bonds is 5. The molecule has 3 nitrogen and oxygen atoms in total. The van der Waals surface area contributed by atoms with Gasteiger partial charge in [0.25, 0.3) is 0 Å². The number of halogens is 4. The average molecular weight is 308 g/mol. The van der Waals surface area contributed by atoms with E-state index in [1.165, 1.54) is 18.2 Å². The Hall–Kier alpha value is -1.69. The van der Waals surface area contributed by atoms with E-state index in [1.807, 2.05) is 0 Å². The number of hydrogen-bond acceptors (Lipinski definition) is 3. The van der Waals surface area contributed by atoms with Gasteiger partial charge in [-0.3, -0.25) is 0 Å². The maximum absolute atomic E-state index is 12.5. The SMILES string of the molecule is CCOC(=O)/C=C/CNc1cc(C(F)(F)F)ccc1Cl. The Morgan fingerprint density at radius 3 is 2.75 bits per heavy atom. The number of hydrogen-bond donors (Lipinski definition) is 1. The fraction of sp³-hybridized carbons (Fsp3) is 0.308. The summed E-state index contributed by atoms with van der Waals surface area (Å²) in [6, 6.07) is 2.99. The minimum Gasteiger partial charge on any atom is -0.463 e. The molecule has 0 saturated carbocycles. The molecule has 1 aromatic rings. The summed E-state index contributed by atoms with van der Waals surface area (Å²) < 4.78 is 42.3. The molecule has 0 saturated heterocycles. The third-order valence-electron chi connectivity index (χ3n) is 2.24. The molecule has 0 spiro atoms. The third-order valence-corrected chi connectivity index (χ3v) is 2.57. The number of anilines is 1. The zero-order chi connectivity index (χ0) is 15.2. The van der Waals surface area contributed by atoms with Gasteiger partial charge in [-0.1, -0.05) is 17.7 Å². The maximum Gasteiger partial charge on any atom is 0.416 e. The first kappa shape index (κ1) is 16.4. The molecule has 0 heterocycles. The number of alkyl halides is 3. The quantitative estimate of drug-likeness (QED) is 0.662. The van der Waals surface area contributed by atoms with Crippen LogP contribution in [0.25, 0.3) is 0 Å². The van der Waals surface area contributed by atoms with Crippen molar-refractivity contribution in [3.05, 3.63) is 40.9 Å². The van der Waals surface area contributed by atoms with Crippen LogP contribution in [-0.4, -0.2) is 19.1 Å². The highest BCUT2D eigenvalue weighted by molar-refractivity contribution is 6.33. The predicted molar refractivity (Wildman–Crippen MR) is 70.7 cm³/mol. The molecule has 0 bridgehead atoms. The van der Waals surface area contributed by atoms with Crippen LogP contribution in [0.4, 0.5) is 18.9 Å². The Balaban J connectivity index is 2.66. The molecular weight excluding hydrogens is 295 g/mol. The van der Waals surface area contributed by atoms with Crippen LogP contribution in [0.5, 0.6) is 0 Å². The fourth-order valence-electron chi connectivity index (χ4n) is 1.35. The summed E-state index contributed by atoms with van der Waals surface area (Å²) in [4.78, 5) is 11.0. The van der Waals surface area contributed by atoms with Crippen LogP contribution in [0, 0.1) is 0 Å². The molecule has 110 valence electrons. The largest absolute Gasteiger partial charge is 0.463 e. The molecule has 0 aromatic heterocycles. The van der Waals surface area contributed by atoms with Gasteiger partial charge >= 0.3 is 12.1 Å². The van der Waals surface area contributed by atoms with E-state index in [0.717, 1.165) is 12.1 Å². The van der Waals surface area contributed by atoms with Crippen molar-refractivity contribution in [2.75, 3.05) is 18.5 Å². The first-order valence-corrected chi connectivity index (χ1v) is 6.16. The van der Waals surface area contributed by atoms with Crippen molar-refractivity contribution in [3.63, 3.8) is 0 Å². The molecule has 0 amide bonds. The molecule has 7 heteroatoms. The van der Waals surface area contributed by atoms with Crippen LogP contribution in [0.15, 0.2) is 30.4 Å². The lowest BCUT2D eigenvalue weighted by Gasteiger charge is -2.11. The number of ether oxygens (including phenoxy) is 1. The van der Waals surface area contributed by atoms with Crippen molar-refractivity contribution in [2.45, 2.75) is 13.1 Å². The van der Waals surface area contributed by atoms with E-state index in [2.05, 4.69) is 10.1 Å². The molecule has 0 aliphatic carbocycles. The molecule has 0 aliphatic heterocycles. The van der Waals surface area contributed by atoms with Gasteiger partial charge in [-0.05, 0) is 25.1 Å². The van der Waals surface area contributed by atoms with E-state index in [0.29, 0.717) is 0 Å². The van der Waals surface area contributed by atoms with Crippen molar-refractivity contribution >= 4 is 23.3 Å². The number of carbonyl (C=O) groups excluding carboxylic acids is 1. The fourth-order valence-corrected chi connectivity index (χ4v) is 1.54. The lowest BCUT2D eigenvalue weighted by Crippen LogP contribution is -2.07. The van der Waals surface area contributed by atoms with Crippen LogP contribution in [0.3, 0.4) is 0 Å². The Labute approximate surface area is 119 Å². The van der Waals surface area contributed by atoms with Gasteiger partial charge in [0, 0.05) is 12.6 Å². The number of carbonyl (C=O) groups is 1. The summed E-state index contributed by atoms with van der Waals surface area (Å²) in [6.07, 6.45) is -1.80. The first-order valence-electron chi connectivity index (χ1n) is 5.78. The van der Waals surface area contributed by atoms with Gasteiger partial charge in [0.15, 0.2) is 0 Å². The van der Waals surface area contributed by atoms with E-state index >= 15 is 0 Å². The summed E-state index contributed by atoms with van der Waals surface area (Å²) >= 11 is 5.79. The zero-order valence-electron chi connectivity index (χ0n) is 10.6. The van der Waals surface area contributed by atoms with E-state index in [9.17, 15) is 18.0 Å². The molecule has 1 rings (SSSR count). The van der Waals surface area contributed by atoms with Crippen molar-refractivity contribution in [3.8, 4) is 0 Å². The van der Waals surface area contributed by atoms with Crippen molar-refractivity contribution in [1.82, 2.24) is 0 Å². The smallest absolute Gasteiger partial charge is 0.416 e. The summed E-state index contributed by atoms with van der Waals surface area (Å²) in [5, 5.41) is 2.87. The van der Waals surface area contributed by atoms with Gasteiger partial charge < -0.3 is 10.1 Å².